The van der Waals surface area contributed by atoms with Crippen LogP contribution in [0.3, 0.4) is 0 Å². The topological polar surface area (TPSA) is 67.6 Å². The third-order valence-corrected chi connectivity index (χ3v) is 5.77. The highest BCUT2D eigenvalue weighted by atomic mass is 32.2. The minimum atomic E-state index is -0.274. The molecular formula is C22H23N3O3S. The fourth-order valence-corrected chi connectivity index (χ4v) is 4.34. The van der Waals surface area contributed by atoms with E-state index in [9.17, 15) is 9.90 Å². The van der Waals surface area contributed by atoms with Crippen molar-refractivity contribution in [2.24, 2.45) is 0 Å². The Hall–Kier alpha value is -2.61. The van der Waals surface area contributed by atoms with Crippen molar-refractivity contribution in [3.05, 3.63) is 71.0 Å². The molecule has 29 heavy (non-hydrogen) atoms. The van der Waals surface area contributed by atoms with Gasteiger partial charge in [0.2, 0.25) is 5.88 Å². The van der Waals surface area contributed by atoms with E-state index in [-0.39, 0.29) is 17.0 Å². The summed E-state index contributed by atoms with van der Waals surface area (Å²) in [6, 6.07) is 18.6. The van der Waals surface area contributed by atoms with E-state index in [1.807, 2.05) is 48.5 Å². The third kappa shape index (κ3) is 4.53. The Morgan fingerprint density at radius 2 is 1.66 bits per heavy atom. The molecule has 0 saturated carbocycles. The number of hydrogen-bond acceptors (Lipinski definition) is 6. The van der Waals surface area contributed by atoms with E-state index >= 15 is 0 Å². The average molecular weight is 410 g/mol. The van der Waals surface area contributed by atoms with Crippen LogP contribution in [-0.4, -0.2) is 58.2 Å². The first-order chi connectivity index (χ1) is 14.2. The van der Waals surface area contributed by atoms with Crippen molar-refractivity contribution >= 4 is 11.8 Å². The van der Waals surface area contributed by atoms with E-state index in [4.69, 9.17) is 4.74 Å². The summed E-state index contributed by atoms with van der Waals surface area (Å²) < 4.78 is 6.98. The van der Waals surface area contributed by atoms with Crippen molar-refractivity contribution in [1.29, 1.82) is 0 Å². The van der Waals surface area contributed by atoms with Gasteiger partial charge in [0.05, 0.1) is 18.9 Å². The fourth-order valence-electron chi connectivity index (χ4n) is 3.34. The van der Waals surface area contributed by atoms with Crippen molar-refractivity contribution in [2.75, 3.05) is 38.6 Å². The number of aromatic hydroxyl groups is 1. The summed E-state index contributed by atoms with van der Waals surface area (Å²) in [6.45, 7) is 4.21. The maximum Gasteiger partial charge on any atom is 0.270 e. The minimum absolute atomic E-state index is 0.215. The van der Waals surface area contributed by atoms with Gasteiger partial charge in [-0.3, -0.25) is 14.3 Å². The second-order valence-electron chi connectivity index (χ2n) is 6.74. The van der Waals surface area contributed by atoms with Gasteiger partial charge in [0, 0.05) is 25.4 Å². The SMILES string of the molecule is O=c1c(-c2ccccc2)c(O)nc(SCCN2CCOCC2)n1-c1ccccc1. The van der Waals surface area contributed by atoms with Crippen LogP contribution in [0, 0.1) is 0 Å². The molecule has 0 radical (unpaired) electrons. The Balaban J connectivity index is 1.69. The highest BCUT2D eigenvalue weighted by molar-refractivity contribution is 7.99. The molecule has 150 valence electrons. The number of hydrogen-bond donors (Lipinski definition) is 1. The summed E-state index contributed by atoms with van der Waals surface area (Å²) in [5, 5.41) is 11.1. The van der Waals surface area contributed by atoms with Crippen LogP contribution >= 0.6 is 11.8 Å². The van der Waals surface area contributed by atoms with Crippen molar-refractivity contribution < 1.29 is 9.84 Å². The summed E-state index contributed by atoms with van der Waals surface area (Å²) in [4.78, 5) is 20.1. The smallest absolute Gasteiger partial charge is 0.270 e. The standard InChI is InChI=1S/C22H23N3O3S/c26-20-19(17-7-3-1-4-8-17)21(27)25(18-9-5-2-6-10-18)22(23-20)29-16-13-24-11-14-28-15-12-24/h1-10,26H,11-16H2. The molecule has 7 heteroatoms. The molecule has 0 amide bonds. The first-order valence-corrected chi connectivity index (χ1v) is 10.6. The van der Waals surface area contributed by atoms with E-state index < -0.39 is 0 Å². The molecule has 0 unspecified atom stereocenters. The first-order valence-electron chi connectivity index (χ1n) is 9.64. The summed E-state index contributed by atoms with van der Waals surface area (Å²) >= 11 is 1.48. The number of para-hydroxylation sites is 1. The number of benzene rings is 2. The van der Waals surface area contributed by atoms with Gasteiger partial charge in [0.15, 0.2) is 5.16 Å². The summed E-state index contributed by atoms with van der Waals surface area (Å²) in [5.74, 6) is 0.533. The number of aromatic nitrogens is 2. The van der Waals surface area contributed by atoms with Crippen LogP contribution in [0.4, 0.5) is 0 Å². The zero-order valence-corrected chi connectivity index (χ0v) is 16.8. The molecule has 2 heterocycles. The Labute approximate surface area is 173 Å². The van der Waals surface area contributed by atoms with Crippen molar-refractivity contribution in [1.82, 2.24) is 14.5 Å². The molecule has 1 N–H and O–H groups in total. The van der Waals surface area contributed by atoms with Crippen LogP contribution in [0.5, 0.6) is 5.88 Å². The molecule has 1 saturated heterocycles. The number of nitrogens with zero attached hydrogens (tertiary/aromatic N) is 3. The van der Waals surface area contributed by atoms with Gasteiger partial charge in [-0.15, -0.1) is 0 Å². The Morgan fingerprint density at radius 1 is 1.00 bits per heavy atom. The fraction of sp³-hybridized carbons (Fsp3) is 0.273. The quantitative estimate of drug-likeness (QED) is 0.499. The van der Waals surface area contributed by atoms with Crippen molar-refractivity contribution in [3.8, 4) is 22.7 Å². The van der Waals surface area contributed by atoms with Crippen LogP contribution in [-0.2, 0) is 4.74 Å². The van der Waals surface area contributed by atoms with Gasteiger partial charge in [-0.1, -0.05) is 60.3 Å². The van der Waals surface area contributed by atoms with Gasteiger partial charge in [-0.25, -0.2) is 0 Å². The highest BCUT2D eigenvalue weighted by Gasteiger charge is 2.19. The van der Waals surface area contributed by atoms with Gasteiger partial charge in [0.1, 0.15) is 5.56 Å². The van der Waals surface area contributed by atoms with Crippen molar-refractivity contribution in [2.45, 2.75) is 5.16 Å². The first kappa shape index (κ1) is 19.7. The Bertz CT molecular complexity index is 1000. The molecule has 0 spiro atoms. The van der Waals surface area contributed by atoms with Gasteiger partial charge in [-0.2, -0.15) is 4.98 Å². The Kier molecular flexibility index (Phi) is 6.29. The second kappa shape index (κ2) is 9.26. The summed E-state index contributed by atoms with van der Waals surface area (Å²) in [5.41, 5.74) is 1.32. The lowest BCUT2D eigenvalue weighted by Crippen LogP contribution is -2.37. The number of rotatable bonds is 6. The number of ether oxygens (including phenoxy) is 1. The molecule has 1 aromatic heterocycles. The second-order valence-corrected chi connectivity index (χ2v) is 7.80. The normalized spacial score (nSPS) is 14.8. The van der Waals surface area contributed by atoms with E-state index in [1.165, 1.54) is 11.8 Å². The molecule has 0 bridgehead atoms. The minimum Gasteiger partial charge on any atom is -0.493 e. The van der Waals surface area contributed by atoms with Gasteiger partial charge < -0.3 is 9.84 Å². The number of thioether (sulfide) groups is 1. The highest BCUT2D eigenvalue weighted by Crippen LogP contribution is 2.28. The molecule has 0 aliphatic carbocycles. The van der Waals surface area contributed by atoms with Gasteiger partial charge in [0.25, 0.3) is 5.56 Å². The zero-order valence-electron chi connectivity index (χ0n) is 16.0. The lowest BCUT2D eigenvalue weighted by Gasteiger charge is -2.26. The summed E-state index contributed by atoms with van der Waals surface area (Å²) in [6.07, 6.45) is 0. The maximum atomic E-state index is 13.4. The molecule has 3 aromatic rings. The van der Waals surface area contributed by atoms with Crippen molar-refractivity contribution in [3.63, 3.8) is 0 Å². The lowest BCUT2D eigenvalue weighted by atomic mass is 10.1. The summed E-state index contributed by atoms with van der Waals surface area (Å²) in [7, 11) is 0. The third-order valence-electron chi connectivity index (χ3n) is 4.85. The molecule has 6 nitrogen and oxygen atoms in total. The molecule has 4 rings (SSSR count). The van der Waals surface area contributed by atoms with E-state index in [0.717, 1.165) is 44.3 Å². The predicted molar refractivity (Wildman–Crippen MR) is 115 cm³/mol. The molecule has 1 fully saturated rings. The molecule has 2 aromatic carbocycles. The molecular weight excluding hydrogens is 386 g/mol. The van der Waals surface area contributed by atoms with Gasteiger partial charge in [-0.05, 0) is 17.7 Å². The van der Waals surface area contributed by atoms with E-state index in [0.29, 0.717) is 10.7 Å². The molecule has 1 aliphatic rings. The zero-order chi connectivity index (χ0) is 20.1. The van der Waals surface area contributed by atoms with Crippen LogP contribution in [0.15, 0.2) is 70.6 Å². The molecule has 1 aliphatic heterocycles. The van der Waals surface area contributed by atoms with Gasteiger partial charge >= 0.3 is 0 Å². The van der Waals surface area contributed by atoms with Crippen LogP contribution in [0.1, 0.15) is 0 Å². The average Bonchev–Trinajstić information content (AvgIpc) is 2.76. The van der Waals surface area contributed by atoms with Crippen LogP contribution in [0.25, 0.3) is 16.8 Å². The number of morpholine rings is 1. The maximum absolute atomic E-state index is 13.4. The largest absolute Gasteiger partial charge is 0.493 e. The molecule has 0 atom stereocenters. The monoisotopic (exact) mass is 409 g/mol. The van der Waals surface area contributed by atoms with Crippen LogP contribution in [0.2, 0.25) is 0 Å². The lowest BCUT2D eigenvalue weighted by molar-refractivity contribution is 0.0410. The predicted octanol–water partition coefficient (Wildman–Crippen LogP) is 3.03. The van der Waals surface area contributed by atoms with Crippen LogP contribution < -0.4 is 5.56 Å². The van der Waals surface area contributed by atoms with E-state index in [2.05, 4.69) is 9.88 Å². The Morgan fingerprint density at radius 3 is 2.34 bits per heavy atom. The van der Waals surface area contributed by atoms with E-state index in [1.54, 1.807) is 16.7 Å².